The van der Waals surface area contributed by atoms with Crippen LogP contribution in [0.3, 0.4) is 0 Å². The number of aliphatic hydroxyl groups is 2. The molecule has 0 aromatic heterocycles. The highest BCUT2D eigenvalue weighted by Gasteiger charge is 2.65. The minimum atomic E-state index is -4.75. The number of aliphatic hydroxyl groups excluding tert-OH is 1. The number of unbranched alkanes of at least 4 members (excludes halogenated alkanes) is 1. The SMILES string of the molecule is C=C1/C(=C\C=C2/CCC[C@]3(C)[C@@H]([C@H](C)CCCC(C)(C)O)CC[C@@H]23)C[C@@H](O)C[C@@H]1NC(=O)CCC(NC(=O)c1ccc(C2(C(F)(F)F)N=N2)cc1)C(=O)NCC(C)(C)COC(C)(C)CCCNC(=O)CCCC[C@@H]1SC[C@@H]2NC(=O)N[C@@H]21. The molecule has 0 radical (unpaired) electrons. The molecular formula is C62H93F3N8O8S. The highest BCUT2D eigenvalue weighted by Crippen LogP contribution is 2.60. The lowest BCUT2D eigenvalue weighted by molar-refractivity contribution is -0.166. The van der Waals surface area contributed by atoms with Gasteiger partial charge in [0.25, 0.3) is 5.91 Å². The van der Waals surface area contributed by atoms with E-state index in [0.717, 1.165) is 81.2 Å². The van der Waals surface area contributed by atoms with Crippen molar-refractivity contribution in [1.82, 2.24) is 31.9 Å². The Kier molecular flexibility index (Phi) is 21.4. The number of benzene rings is 1. The van der Waals surface area contributed by atoms with Crippen molar-refractivity contribution in [3.05, 3.63) is 70.8 Å². The van der Waals surface area contributed by atoms with Crippen molar-refractivity contribution < 1.29 is 52.1 Å². The Bertz CT molecular complexity index is 2540. The second-order valence-corrected chi connectivity index (χ2v) is 28.0. The van der Waals surface area contributed by atoms with Gasteiger partial charge in [0.15, 0.2) is 0 Å². The zero-order valence-corrected chi connectivity index (χ0v) is 50.5. The number of urea groups is 1. The molecule has 456 valence electrons. The molecule has 20 heteroatoms. The average Bonchev–Trinajstić information content (AvgIpc) is 3.70. The van der Waals surface area contributed by atoms with E-state index in [2.05, 4.69) is 74.7 Å². The molecule has 3 heterocycles. The summed E-state index contributed by atoms with van der Waals surface area (Å²) in [6, 6.07) is 3.13. The third-order valence-corrected chi connectivity index (χ3v) is 19.8. The summed E-state index contributed by atoms with van der Waals surface area (Å²) < 4.78 is 47.6. The van der Waals surface area contributed by atoms with Gasteiger partial charge in [-0.25, -0.2) is 4.79 Å². The Balaban J connectivity index is 0.903. The monoisotopic (exact) mass is 1170 g/mol. The molecule has 1 aromatic rings. The Labute approximate surface area is 488 Å². The average molecular weight is 1170 g/mol. The van der Waals surface area contributed by atoms with Crippen LogP contribution in [0.4, 0.5) is 18.0 Å². The second-order valence-electron chi connectivity index (χ2n) is 26.7. The molecule has 6 aliphatic rings. The molecule has 82 heavy (non-hydrogen) atoms. The number of carbonyl (C=O) groups is 5. The van der Waals surface area contributed by atoms with Gasteiger partial charge in [0.2, 0.25) is 17.7 Å². The number of thioether (sulfide) groups is 1. The number of alkyl halides is 3. The van der Waals surface area contributed by atoms with Gasteiger partial charge >= 0.3 is 17.9 Å². The lowest BCUT2D eigenvalue weighted by Crippen LogP contribution is -2.50. The fourth-order valence-electron chi connectivity index (χ4n) is 13.3. The number of carbonyl (C=O) groups excluding carboxylic acids is 5. The zero-order chi connectivity index (χ0) is 59.8. The Morgan fingerprint density at radius 3 is 2.37 bits per heavy atom. The van der Waals surface area contributed by atoms with Gasteiger partial charge in [-0.1, -0.05) is 83.4 Å². The van der Waals surface area contributed by atoms with Crippen molar-refractivity contribution in [2.24, 2.45) is 38.8 Å². The predicted molar refractivity (Wildman–Crippen MR) is 313 cm³/mol. The number of hydrogen-bond acceptors (Lipinski definition) is 11. The molecule has 6 amide bonds. The first kappa shape index (κ1) is 64.8. The van der Waals surface area contributed by atoms with Gasteiger partial charge in [0, 0.05) is 53.5 Å². The molecule has 0 spiro atoms. The van der Waals surface area contributed by atoms with Crippen molar-refractivity contribution >= 4 is 41.4 Å². The van der Waals surface area contributed by atoms with Gasteiger partial charge in [0.05, 0.1) is 42.0 Å². The quantitative estimate of drug-likeness (QED) is 0.0294. The fraction of sp³-hybridized carbons (Fsp3) is 0.726. The fourth-order valence-corrected chi connectivity index (χ4v) is 14.9. The summed E-state index contributed by atoms with van der Waals surface area (Å²) in [5, 5.41) is 45.9. The van der Waals surface area contributed by atoms with E-state index in [9.17, 15) is 47.4 Å². The van der Waals surface area contributed by atoms with Gasteiger partial charge in [-0.15, -0.1) is 10.2 Å². The van der Waals surface area contributed by atoms with E-state index >= 15 is 0 Å². The van der Waals surface area contributed by atoms with Crippen LogP contribution in [0.15, 0.2) is 69.9 Å². The first-order valence-corrected chi connectivity index (χ1v) is 31.1. The van der Waals surface area contributed by atoms with Crippen molar-refractivity contribution in [3.8, 4) is 0 Å². The number of fused-ring (bicyclic) bond motifs is 2. The van der Waals surface area contributed by atoms with Crippen molar-refractivity contribution in [3.63, 3.8) is 0 Å². The van der Waals surface area contributed by atoms with Crippen LogP contribution in [-0.2, 0) is 24.8 Å². The molecular weight excluding hydrogens is 1070 g/mol. The summed E-state index contributed by atoms with van der Waals surface area (Å²) in [5.74, 6) is 0.834. The Hall–Kier alpha value is -4.79. The van der Waals surface area contributed by atoms with E-state index < -0.39 is 64.4 Å². The van der Waals surface area contributed by atoms with Gasteiger partial charge in [-0.2, -0.15) is 24.9 Å². The highest BCUT2D eigenvalue weighted by molar-refractivity contribution is 8.00. The third kappa shape index (κ3) is 17.2. The van der Waals surface area contributed by atoms with Crippen LogP contribution in [0.2, 0.25) is 0 Å². The smallest absolute Gasteiger partial charge is 0.393 e. The lowest BCUT2D eigenvalue weighted by Gasteiger charge is -2.44. The maximum Gasteiger partial charge on any atom is 0.442 e. The maximum atomic E-state index is 14.1. The molecule has 0 bridgehead atoms. The second kappa shape index (κ2) is 27.1. The molecule has 5 fully saturated rings. The lowest BCUT2D eigenvalue weighted by atomic mass is 9.60. The van der Waals surface area contributed by atoms with Crippen LogP contribution in [0.5, 0.6) is 0 Å². The number of halogens is 3. The van der Waals surface area contributed by atoms with Gasteiger partial charge < -0.3 is 46.9 Å². The molecule has 3 aliphatic heterocycles. The van der Waals surface area contributed by atoms with Crippen LogP contribution in [0.25, 0.3) is 0 Å². The van der Waals surface area contributed by atoms with Crippen LogP contribution in [0, 0.1) is 28.6 Å². The van der Waals surface area contributed by atoms with E-state index in [0.29, 0.717) is 60.8 Å². The Morgan fingerprint density at radius 1 is 0.939 bits per heavy atom. The minimum absolute atomic E-state index is 0.00286. The third-order valence-electron chi connectivity index (χ3n) is 18.3. The number of amides is 6. The summed E-state index contributed by atoms with van der Waals surface area (Å²) in [4.78, 5) is 65.9. The van der Waals surface area contributed by atoms with Crippen LogP contribution in [-0.4, -0.2) is 118 Å². The van der Waals surface area contributed by atoms with Crippen LogP contribution in [0.1, 0.15) is 187 Å². The van der Waals surface area contributed by atoms with Gasteiger partial charge in [-0.05, 0) is 158 Å². The van der Waals surface area contributed by atoms with E-state index in [-0.39, 0.29) is 73.0 Å². The molecule has 1 unspecified atom stereocenters. The van der Waals surface area contributed by atoms with Gasteiger partial charge in [-0.3, -0.25) is 19.2 Å². The van der Waals surface area contributed by atoms with Crippen molar-refractivity contribution in [1.29, 1.82) is 0 Å². The summed E-state index contributed by atoms with van der Waals surface area (Å²) >= 11 is 1.87. The molecule has 10 atom stereocenters. The van der Waals surface area contributed by atoms with E-state index in [4.69, 9.17) is 4.74 Å². The Morgan fingerprint density at radius 2 is 1.67 bits per heavy atom. The molecule has 7 rings (SSSR count). The van der Waals surface area contributed by atoms with Crippen molar-refractivity contribution in [2.75, 3.05) is 25.4 Å². The van der Waals surface area contributed by atoms with E-state index in [1.165, 1.54) is 30.5 Å². The van der Waals surface area contributed by atoms with Crippen LogP contribution >= 0.6 is 11.8 Å². The standard InChI is InChI=1S/C62H93F3N8O8S/c1-38(15-12-29-58(5,6)80)45-25-26-46-40(16-13-31-60(45,46)9)19-20-42-33-44(74)34-48(39(42)2)68-52(76)28-27-47(69-54(77)41-21-23-43(24-22-41)61(72-73-61)62(63,64)65)55(78)67-36-57(3,4)37-81-59(7,8)30-14-32-66-51(75)18-11-10-17-50-53-49(35-82-50)70-56(79)71-53/h19-24,38,44-50,53,74,80H,2,10-18,25-37H2,1,3-9H3,(H,66,75)(H,67,78)(H,68,76)(H,69,77)(H2,70,71,79)/b40-19+,42-20-/t38-,44-,45-,46+,47?,48+,49+,50+,53+,60-/m1/s1. The van der Waals surface area contributed by atoms with Crippen LogP contribution < -0.4 is 31.9 Å². The molecule has 16 nitrogen and oxygen atoms in total. The normalized spacial score (nSPS) is 27.7. The first-order valence-electron chi connectivity index (χ1n) is 30.1. The molecule has 2 saturated heterocycles. The highest BCUT2D eigenvalue weighted by atomic mass is 32.2. The van der Waals surface area contributed by atoms with E-state index in [1.54, 1.807) is 0 Å². The molecule has 3 aliphatic carbocycles. The van der Waals surface area contributed by atoms with E-state index in [1.807, 2.05) is 53.3 Å². The van der Waals surface area contributed by atoms with Crippen molar-refractivity contribution in [2.45, 2.75) is 230 Å². The number of allylic oxidation sites excluding steroid dienone is 3. The number of rotatable bonds is 28. The summed E-state index contributed by atoms with van der Waals surface area (Å²) in [6.07, 6.45) is 12.1. The summed E-state index contributed by atoms with van der Waals surface area (Å²) in [5.41, 5.74) is -1.53. The molecule has 1 aromatic carbocycles. The predicted octanol–water partition coefficient (Wildman–Crippen LogP) is 10.1. The minimum Gasteiger partial charge on any atom is -0.393 e. The number of hydrogen-bond donors (Lipinski definition) is 8. The number of nitrogens with zero attached hydrogens (tertiary/aromatic N) is 2. The molecule has 3 saturated carbocycles. The summed E-state index contributed by atoms with van der Waals surface area (Å²) in [6.45, 7) is 21.7. The summed E-state index contributed by atoms with van der Waals surface area (Å²) in [7, 11) is 0. The first-order chi connectivity index (χ1) is 38.5. The number of nitrogens with one attached hydrogen (secondary N) is 6. The number of ether oxygens (including phenoxy) is 1. The van der Waals surface area contributed by atoms with Gasteiger partial charge in [0.1, 0.15) is 6.04 Å². The zero-order valence-electron chi connectivity index (χ0n) is 49.7. The topological polar surface area (TPSA) is 232 Å². The maximum absolute atomic E-state index is 14.1. The largest absolute Gasteiger partial charge is 0.442 e. The molecule has 8 N–H and O–H groups in total.